The molecule has 0 bridgehead atoms. The maximum atomic E-state index is 12.3. The highest BCUT2D eigenvalue weighted by molar-refractivity contribution is 9.10. The molecule has 0 saturated carbocycles. The number of aromatic nitrogens is 2. The molecule has 0 fully saturated rings. The number of benzene rings is 1. The van der Waals surface area contributed by atoms with Crippen LogP contribution in [0.3, 0.4) is 0 Å². The third kappa shape index (κ3) is 2.50. The molecule has 106 valence electrons. The number of aromatic hydroxyl groups is 1. The molecule has 2 N–H and O–H groups in total. The summed E-state index contributed by atoms with van der Waals surface area (Å²) >= 11 is 3.33. The zero-order valence-electron chi connectivity index (χ0n) is 11.1. The number of hydrogen-bond acceptors (Lipinski definition) is 4. The number of nitrogens with zero attached hydrogens (tertiary/aromatic N) is 1. The smallest absolute Gasteiger partial charge is 0.263 e. The first kappa shape index (κ1) is 13.6. The van der Waals surface area contributed by atoms with E-state index in [9.17, 15) is 9.90 Å². The van der Waals surface area contributed by atoms with Crippen LogP contribution in [-0.4, -0.2) is 15.1 Å². The van der Waals surface area contributed by atoms with Gasteiger partial charge in [0.05, 0.1) is 6.26 Å². The second kappa shape index (κ2) is 5.21. The zero-order chi connectivity index (χ0) is 15.0. The van der Waals surface area contributed by atoms with Crippen LogP contribution in [0.2, 0.25) is 0 Å². The van der Waals surface area contributed by atoms with Crippen molar-refractivity contribution in [1.29, 1.82) is 0 Å². The van der Waals surface area contributed by atoms with Crippen molar-refractivity contribution in [2.45, 2.75) is 6.92 Å². The van der Waals surface area contributed by atoms with Gasteiger partial charge in [0.2, 0.25) is 5.88 Å². The van der Waals surface area contributed by atoms with Crippen LogP contribution >= 0.6 is 15.9 Å². The first-order valence-electron chi connectivity index (χ1n) is 6.20. The lowest BCUT2D eigenvalue weighted by molar-refractivity contribution is 0.452. The molecule has 5 nitrogen and oxygen atoms in total. The molecule has 3 aromatic rings. The summed E-state index contributed by atoms with van der Waals surface area (Å²) in [5, 5.41) is 10.1. The van der Waals surface area contributed by atoms with Crippen LogP contribution < -0.4 is 5.56 Å². The number of aryl methyl sites for hydroxylation is 1. The van der Waals surface area contributed by atoms with Crippen LogP contribution in [0.1, 0.15) is 5.56 Å². The van der Waals surface area contributed by atoms with Gasteiger partial charge in [0.15, 0.2) is 11.6 Å². The van der Waals surface area contributed by atoms with Gasteiger partial charge in [-0.3, -0.25) is 4.79 Å². The van der Waals surface area contributed by atoms with Gasteiger partial charge in [-0.1, -0.05) is 28.1 Å². The summed E-state index contributed by atoms with van der Waals surface area (Å²) in [5.41, 5.74) is 1.11. The Morgan fingerprint density at radius 3 is 2.76 bits per heavy atom. The maximum absolute atomic E-state index is 12.3. The largest absolute Gasteiger partial charge is 0.493 e. The van der Waals surface area contributed by atoms with Gasteiger partial charge < -0.3 is 14.5 Å². The van der Waals surface area contributed by atoms with Gasteiger partial charge in [0.1, 0.15) is 5.56 Å². The van der Waals surface area contributed by atoms with Crippen molar-refractivity contribution in [3.05, 3.63) is 57.0 Å². The third-order valence-electron chi connectivity index (χ3n) is 3.09. The molecule has 0 aliphatic heterocycles. The Morgan fingerprint density at radius 2 is 2.14 bits per heavy atom. The van der Waals surface area contributed by atoms with E-state index in [1.165, 1.54) is 6.26 Å². The molecule has 0 aliphatic rings. The van der Waals surface area contributed by atoms with Crippen molar-refractivity contribution in [2.75, 3.05) is 0 Å². The summed E-state index contributed by atoms with van der Waals surface area (Å²) in [7, 11) is 0. The van der Waals surface area contributed by atoms with Gasteiger partial charge in [0, 0.05) is 4.47 Å². The summed E-state index contributed by atoms with van der Waals surface area (Å²) < 4.78 is 6.08. The minimum atomic E-state index is -0.425. The van der Waals surface area contributed by atoms with Gasteiger partial charge >= 0.3 is 0 Å². The molecule has 1 aromatic carbocycles. The Kier molecular flexibility index (Phi) is 3.39. The molecule has 0 radical (unpaired) electrons. The van der Waals surface area contributed by atoms with E-state index in [-0.39, 0.29) is 17.3 Å². The van der Waals surface area contributed by atoms with E-state index in [0.29, 0.717) is 11.3 Å². The van der Waals surface area contributed by atoms with Crippen LogP contribution in [0.4, 0.5) is 0 Å². The number of nitrogens with one attached hydrogen (secondary N) is 1. The van der Waals surface area contributed by atoms with Gasteiger partial charge in [-0.15, -0.1) is 0 Å². The summed E-state index contributed by atoms with van der Waals surface area (Å²) in [6.07, 6.45) is 1.50. The minimum Gasteiger partial charge on any atom is -0.493 e. The zero-order valence-corrected chi connectivity index (χ0v) is 12.6. The highest BCUT2D eigenvalue weighted by Gasteiger charge is 2.16. The van der Waals surface area contributed by atoms with Crippen LogP contribution in [0, 0.1) is 6.92 Å². The average molecular weight is 347 g/mol. The summed E-state index contributed by atoms with van der Waals surface area (Å²) in [5.74, 6) is 0.310. The molecule has 0 aliphatic carbocycles. The van der Waals surface area contributed by atoms with Crippen molar-refractivity contribution in [3.63, 3.8) is 0 Å². The monoisotopic (exact) mass is 346 g/mol. The van der Waals surface area contributed by atoms with Crippen molar-refractivity contribution in [3.8, 4) is 28.6 Å². The Hall–Kier alpha value is -2.34. The lowest BCUT2D eigenvalue weighted by Crippen LogP contribution is -2.12. The van der Waals surface area contributed by atoms with E-state index in [1.54, 1.807) is 24.3 Å². The molecule has 0 spiro atoms. The first-order chi connectivity index (χ1) is 10.1. The Labute approximate surface area is 128 Å². The maximum Gasteiger partial charge on any atom is 0.263 e. The van der Waals surface area contributed by atoms with E-state index in [4.69, 9.17) is 4.42 Å². The highest BCUT2D eigenvalue weighted by Crippen LogP contribution is 2.28. The number of H-pyrrole nitrogens is 1. The molecular weight excluding hydrogens is 336 g/mol. The second-order valence-corrected chi connectivity index (χ2v) is 5.47. The number of furan rings is 1. The predicted molar refractivity (Wildman–Crippen MR) is 82.1 cm³/mol. The molecule has 0 amide bonds. The van der Waals surface area contributed by atoms with Gasteiger partial charge in [-0.25, -0.2) is 0 Å². The molecule has 3 rings (SSSR count). The number of halogens is 1. The van der Waals surface area contributed by atoms with E-state index in [0.717, 1.165) is 10.0 Å². The van der Waals surface area contributed by atoms with E-state index < -0.39 is 5.56 Å². The summed E-state index contributed by atoms with van der Waals surface area (Å²) in [4.78, 5) is 18.9. The molecule has 21 heavy (non-hydrogen) atoms. The average Bonchev–Trinajstić information content (AvgIpc) is 2.84. The van der Waals surface area contributed by atoms with Crippen LogP contribution in [-0.2, 0) is 0 Å². The lowest BCUT2D eigenvalue weighted by Gasteiger charge is -2.06. The molecule has 0 unspecified atom stereocenters. The van der Waals surface area contributed by atoms with Crippen molar-refractivity contribution >= 4 is 15.9 Å². The van der Waals surface area contributed by atoms with Gasteiger partial charge in [-0.2, -0.15) is 4.98 Å². The summed E-state index contributed by atoms with van der Waals surface area (Å²) in [6.45, 7) is 1.83. The lowest BCUT2D eigenvalue weighted by atomic mass is 10.1. The first-order valence-corrected chi connectivity index (χ1v) is 6.99. The van der Waals surface area contributed by atoms with E-state index >= 15 is 0 Å². The fourth-order valence-electron chi connectivity index (χ4n) is 2.09. The van der Waals surface area contributed by atoms with E-state index in [2.05, 4.69) is 25.9 Å². The normalized spacial score (nSPS) is 10.8. The van der Waals surface area contributed by atoms with E-state index in [1.807, 2.05) is 13.0 Å². The Balaban J connectivity index is 2.18. The minimum absolute atomic E-state index is 0.129. The molecule has 6 heteroatoms. The standard InChI is InChI=1S/C15H11BrN2O3/c1-8-5-6-21-12(8)13-17-14(19)11(15(20)18-13)9-3-2-4-10(16)7-9/h2-7H,1H3,(H2,17,18,19,20). The summed E-state index contributed by atoms with van der Waals surface area (Å²) in [6, 6.07) is 8.85. The van der Waals surface area contributed by atoms with Crippen LogP contribution in [0.5, 0.6) is 5.88 Å². The molecule has 2 aromatic heterocycles. The Morgan fingerprint density at radius 1 is 1.33 bits per heavy atom. The molecule has 2 heterocycles. The van der Waals surface area contributed by atoms with Crippen LogP contribution in [0.25, 0.3) is 22.7 Å². The van der Waals surface area contributed by atoms with Gasteiger partial charge in [0.25, 0.3) is 5.56 Å². The SMILES string of the molecule is Cc1ccoc1-c1nc(O)c(-c2cccc(Br)c2)c(=O)[nH]1. The van der Waals surface area contributed by atoms with Gasteiger partial charge in [-0.05, 0) is 36.2 Å². The molecule has 0 atom stereocenters. The van der Waals surface area contributed by atoms with Crippen molar-refractivity contribution in [2.24, 2.45) is 0 Å². The quantitative estimate of drug-likeness (QED) is 0.744. The molecular formula is C15H11BrN2O3. The van der Waals surface area contributed by atoms with Crippen LogP contribution in [0.15, 0.2) is 50.3 Å². The fourth-order valence-corrected chi connectivity index (χ4v) is 2.49. The predicted octanol–water partition coefficient (Wildman–Crippen LogP) is 3.47. The molecule has 0 saturated heterocycles. The third-order valence-corrected chi connectivity index (χ3v) is 3.58. The van der Waals surface area contributed by atoms with Crippen molar-refractivity contribution in [1.82, 2.24) is 9.97 Å². The number of hydrogen-bond donors (Lipinski definition) is 2. The van der Waals surface area contributed by atoms with Crippen molar-refractivity contribution < 1.29 is 9.52 Å². The number of aromatic amines is 1. The fraction of sp³-hybridized carbons (Fsp3) is 0.0667. The topological polar surface area (TPSA) is 79.1 Å². The highest BCUT2D eigenvalue weighted by atomic mass is 79.9. The second-order valence-electron chi connectivity index (χ2n) is 4.56. The Bertz CT molecular complexity index is 867. The number of rotatable bonds is 2.